The number of amides is 2. The predicted molar refractivity (Wildman–Crippen MR) is 124 cm³/mol. The third-order valence-corrected chi connectivity index (χ3v) is 5.97. The molecule has 2 aromatic carbocycles. The zero-order valence-electron chi connectivity index (χ0n) is 17.4. The van der Waals surface area contributed by atoms with Crippen LogP contribution in [0.3, 0.4) is 0 Å². The van der Waals surface area contributed by atoms with Gasteiger partial charge in [0.1, 0.15) is 11.4 Å². The number of nitrogens with one attached hydrogen (secondary N) is 1. The normalized spacial score (nSPS) is 18.5. The number of hydrogen-bond acceptors (Lipinski definition) is 4. The summed E-state index contributed by atoms with van der Waals surface area (Å²) in [6.45, 7) is 3.71. The van der Waals surface area contributed by atoms with E-state index in [1.54, 1.807) is 24.3 Å². The second-order valence-electron chi connectivity index (χ2n) is 7.74. The van der Waals surface area contributed by atoms with Crippen molar-refractivity contribution in [2.45, 2.75) is 32.6 Å². The maximum atomic E-state index is 14.8. The van der Waals surface area contributed by atoms with Gasteiger partial charge in [-0.3, -0.25) is 19.8 Å². The van der Waals surface area contributed by atoms with Gasteiger partial charge in [0.15, 0.2) is 5.11 Å². The molecule has 5 nitrogen and oxygen atoms in total. The Kier molecular flexibility index (Phi) is 6.13. The zero-order chi connectivity index (χ0) is 22.0. The molecule has 2 fully saturated rings. The highest BCUT2D eigenvalue weighted by Crippen LogP contribution is 2.26. The minimum atomic E-state index is -0.586. The summed E-state index contributed by atoms with van der Waals surface area (Å²) in [5.74, 6) is -1.47. The molecule has 2 heterocycles. The van der Waals surface area contributed by atoms with Crippen LogP contribution >= 0.6 is 12.2 Å². The average molecular weight is 438 g/mol. The van der Waals surface area contributed by atoms with Crippen molar-refractivity contribution in [3.63, 3.8) is 0 Å². The number of aryl methyl sites for hydroxylation is 1. The summed E-state index contributed by atoms with van der Waals surface area (Å²) in [6, 6.07) is 12.2. The standard InChI is InChI=1S/C24H24FN3O2S/c1-2-16-6-9-18(10-7-16)28-23(30)19(22(29)26-24(28)31)14-17-8-11-21(20(25)15-17)27-12-4-3-5-13-27/h6-11,14-15H,2-5,12-13H2,1H3,(H,26,29,31). The molecule has 0 bridgehead atoms. The summed E-state index contributed by atoms with van der Waals surface area (Å²) >= 11 is 5.23. The molecular weight excluding hydrogens is 413 g/mol. The molecule has 2 saturated heterocycles. The van der Waals surface area contributed by atoms with Gasteiger partial charge in [-0.1, -0.05) is 25.1 Å². The molecule has 0 unspecified atom stereocenters. The molecule has 2 aliphatic heterocycles. The molecule has 0 spiro atoms. The molecule has 0 radical (unpaired) electrons. The number of carbonyl (C=O) groups excluding carboxylic acids is 2. The molecule has 2 aromatic rings. The summed E-state index contributed by atoms with van der Waals surface area (Å²) in [4.78, 5) is 28.9. The number of halogens is 1. The molecule has 0 saturated carbocycles. The van der Waals surface area contributed by atoms with Crippen LogP contribution < -0.4 is 15.1 Å². The second-order valence-corrected chi connectivity index (χ2v) is 8.12. The van der Waals surface area contributed by atoms with Gasteiger partial charge in [-0.25, -0.2) is 4.39 Å². The largest absolute Gasteiger partial charge is 0.369 e. The average Bonchev–Trinajstić information content (AvgIpc) is 2.77. The minimum absolute atomic E-state index is 0.0306. The highest BCUT2D eigenvalue weighted by Gasteiger charge is 2.34. The Morgan fingerprint density at radius 3 is 2.42 bits per heavy atom. The highest BCUT2D eigenvalue weighted by molar-refractivity contribution is 7.80. The number of hydrogen-bond donors (Lipinski definition) is 1. The van der Waals surface area contributed by atoms with Gasteiger partial charge in [-0.05, 0) is 79.4 Å². The Hall–Kier alpha value is -3.06. The Morgan fingerprint density at radius 2 is 1.77 bits per heavy atom. The van der Waals surface area contributed by atoms with E-state index < -0.39 is 11.8 Å². The van der Waals surface area contributed by atoms with Gasteiger partial charge in [0, 0.05) is 13.1 Å². The lowest BCUT2D eigenvalue weighted by atomic mass is 10.0. The van der Waals surface area contributed by atoms with E-state index in [0.717, 1.165) is 37.9 Å². The molecule has 0 atom stereocenters. The maximum absolute atomic E-state index is 14.8. The summed E-state index contributed by atoms with van der Waals surface area (Å²) < 4.78 is 14.8. The molecule has 2 aliphatic rings. The molecule has 31 heavy (non-hydrogen) atoms. The van der Waals surface area contributed by atoms with Gasteiger partial charge in [-0.2, -0.15) is 0 Å². The lowest BCUT2D eigenvalue weighted by molar-refractivity contribution is -0.122. The van der Waals surface area contributed by atoms with Crippen molar-refractivity contribution in [3.05, 3.63) is 65.0 Å². The van der Waals surface area contributed by atoms with E-state index in [4.69, 9.17) is 12.2 Å². The van der Waals surface area contributed by atoms with E-state index >= 15 is 0 Å². The van der Waals surface area contributed by atoms with Crippen LogP contribution in [0.1, 0.15) is 37.3 Å². The summed E-state index contributed by atoms with van der Waals surface area (Å²) in [7, 11) is 0. The van der Waals surface area contributed by atoms with Gasteiger partial charge < -0.3 is 4.90 Å². The number of nitrogens with zero attached hydrogens (tertiary/aromatic N) is 2. The molecule has 7 heteroatoms. The van der Waals surface area contributed by atoms with Crippen LogP contribution in [-0.4, -0.2) is 30.0 Å². The van der Waals surface area contributed by atoms with Crippen LogP contribution in [0, 0.1) is 5.82 Å². The van der Waals surface area contributed by atoms with Crippen molar-refractivity contribution in [2.24, 2.45) is 0 Å². The SMILES string of the molecule is CCc1ccc(N2C(=O)C(=Cc3ccc(N4CCCCC4)c(F)c3)C(=O)NC2=S)cc1. The highest BCUT2D eigenvalue weighted by atomic mass is 32.1. The predicted octanol–water partition coefficient (Wildman–Crippen LogP) is 4.21. The van der Waals surface area contributed by atoms with Crippen LogP contribution in [-0.2, 0) is 16.0 Å². The zero-order valence-corrected chi connectivity index (χ0v) is 18.2. The molecule has 0 aromatic heterocycles. The number of anilines is 2. The van der Waals surface area contributed by atoms with Crippen molar-refractivity contribution in [3.8, 4) is 0 Å². The first-order valence-corrected chi connectivity index (χ1v) is 10.9. The lowest BCUT2D eigenvalue weighted by Gasteiger charge is -2.29. The van der Waals surface area contributed by atoms with Gasteiger partial charge in [0.2, 0.25) is 0 Å². The van der Waals surface area contributed by atoms with Crippen molar-refractivity contribution in [2.75, 3.05) is 22.9 Å². The first-order chi connectivity index (χ1) is 15.0. The number of thiocarbonyl (C=S) groups is 1. The topological polar surface area (TPSA) is 52.7 Å². The molecule has 4 rings (SSSR count). The monoisotopic (exact) mass is 437 g/mol. The minimum Gasteiger partial charge on any atom is -0.369 e. The van der Waals surface area contributed by atoms with Gasteiger partial charge >= 0.3 is 0 Å². The van der Waals surface area contributed by atoms with Crippen LogP contribution in [0.15, 0.2) is 48.0 Å². The second kappa shape index (κ2) is 8.98. The van der Waals surface area contributed by atoms with Gasteiger partial charge in [-0.15, -0.1) is 0 Å². The Morgan fingerprint density at radius 1 is 1.06 bits per heavy atom. The van der Waals surface area contributed by atoms with E-state index in [1.807, 2.05) is 24.0 Å². The molecular formula is C24H24FN3O2S. The molecule has 1 N–H and O–H groups in total. The quantitative estimate of drug-likeness (QED) is 0.442. The van der Waals surface area contributed by atoms with E-state index in [1.165, 1.54) is 23.5 Å². The Balaban J connectivity index is 1.62. The number of carbonyl (C=O) groups is 2. The van der Waals surface area contributed by atoms with E-state index in [2.05, 4.69) is 5.32 Å². The van der Waals surface area contributed by atoms with Crippen molar-refractivity contribution in [1.29, 1.82) is 0 Å². The molecule has 2 amide bonds. The Labute approximate surface area is 186 Å². The Bertz CT molecular complexity index is 1060. The van der Waals surface area contributed by atoms with Crippen LogP contribution in [0.2, 0.25) is 0 Å². The van der Waals surface area contributed by atoms with Crippen molar-refractivity contribution in [1.82, 2.24) is 5.32 Å². The fraction of sp³-hybridized carbons (Fsp3) is 0.292. The summed E-state index contributed by atoms with van der Waals surface area (Å²) in [5, 5.41) is 2.59. The maximum Gasteiger partial charge on any atom is 0.270 e. The smallest absolute Gasteiger partial charge is 0.270 e. The molecule has 160 valence electrons. The first-order valence-electron chi connectivity index (χ1n) is 10.5. The van der Waals surface area contributed by atoms with E-state index in [9.17, 15) is 14.0 Å². The van der Waals surface area contributed by atoms with E-state index in [-0.39, 0.29) is 16.5 Å². The van der Waals surface area contributed by atoms with Crippen LogP contribution in [0.4, 0.5) is 15.8 Å². The van der Waals surface area contributed by atoms with Crippen molar-refractivity contribution < 1.29 is 14.0 Å². The first kappa shape index (κ1) is 21.2. The third-order valence-electron chi connectivity index (χ3n) is 5.68. The van der Waals surface area contributed by atoms with E-state index in [0.29, 0.717) is 16.9 Å². The fourth-order valence-corrected chi connectivity index (χ4v) is 4.22. The number of rotatable bonds is 4. The summed E-state index contributed by atoms with van der Waals surface area (Å²) in [6.07, 6.45) is 5.55. The fourth-order valence-electron chi connectivity index (χ4n) is 3.94. The van der Waals surface area contributed by atoms with Gasteiger partial charge in [0.25, 0.3) is 11.8 Å². The summed E-state index contributed by atoms with van der Waals surface area (Å²) in [5.41, 5.74) is 2.62. The van der Waals surface area contributed by atoms with Gasteiger partial charge in [0.05, 0.1) is 11.4 Å². The van der Waals surface area contributed by atoms with Crippen LogP contribution in [0.25, 0.3) is 6.08 Å². The molecule has 0 aliphatic carbocycles. The lowest BCUT2D eigenvalue weighted by Crippen LogP contribution is -2.54. The number of benzene rings is 2. The van der Waals surface area contributed by atoms with Crippen molar-refractivity contribution >= 4 is 46.6 Å². The van der Waals surface area contributed by atoms with Crippen LogP contribution in [0.5, 0.6) is 0 Å². The number of piperidine rings is 1. The third kappa shape index (κ3) is 4.37.